The lowest BCUT2D eigenvalue weighted by Crippen LogP contribution is -2.60. The molecule has 3 heteroatoms. The summed E-state index contributed by atoms with van der Waals surface area (Å²) in [7, 11) is 0. The number of unbranched alkanes of at least 4 members (excludes halogenated alkanes) is 5. The van der Waals surface area contributed by atoms with Gasteiger partial charge in [-0.25, -0.2) is 5.84 Å². The van der Waals surface area contributed by atoms with Crippen LogP contribution in [0.3, 0.4) is 0 Å². The Morgan fingerprint density at radius 1 is 1.21 bits per heavy atom. The largest absolute Gasteiger partial charge is 0.387 e. The molecule has 19 heavy (non-hydrogen) atoms. The Kier molecular flexibility index (Phi) is 7.29. The van der Waals surface area contributed by atoms with Crippen molar-refractivity contribution in [3.05, 3.63) is 12.4 Å². The molecule has 0 spiro atoms. The lowest BCUT2D eigenvalue weighted by molar-refractivity contribution is 0.0634. The Morgan fingerprint density at radius 2 is 1.89 bits per heavy atom. The van der Waals surface area contributed by atoms with E-state index >= 15 is 0 Å². The van der Waals surface area contributed by atoms with Crippen molar-refractivity contribution < 1.29 is 0 Å². The summed E-state index contributed by atoms with van der Waals surface area (Å²) in [5.41, 5.74) is 0.0954. The van der Waals surface area contributed by atoms with Crippen molar-refractivity contribution in [3.8, 4) is 0 Å². The molecular weight excluding hydrogens is 234 g/mol. The third kappa shape index (κ3) is 4.41. The highest BCUT2D eigenvalue weighted by atomic mass is 15.5. The monoisotopic (exact) mass is 267 g/mol. The zero-order valence-electron chi connectivity index (χ0n) is 13.1. The lowest BCUT2D eigenvalue weighted by atomic mass is 9.78. The van der Waals surface area contributed by atoms with Gasteiger partial charge < -0.3 is 10.3 Å². The van der Waals surface area contributed by atoms with Crippen LogP contribution >= 0.6 is 0 Å². The Balaban J connectivity index is 2.34. The smallest absolute Gasteiger partial charge is 0.0749 e. The van der Waals surface area contributed by atoms with Gasteiger partial charge in [0, 0.05) is 18.9 Å². The van der Waals surface area contributed by atoms with Crippen LogP contribution in [-0.4, -0.2) is 17.1 Å². The minimum absolute atomic E-state index is 0.0954. The lowest BCUT2D eigenvalue weighted by Gasteiger charge is -2.47. The first-order valence-electron chi connectivity index (χ1n) is 8.11. The van der Waals surface area contributed by atoms with Crippen molar-refractivity contribution in [2.24, 2.45) is 11.8 Å². The van der Waals surface area contributed by atoms with Crippen LogP contribution in [0.2, 0.25) is 0 Å². The van der Waals surface area contributed by atoms with Crippen molar-refractivity contribution in [1.29, 1.82) is 0 Å². The van der Waals surface area contributed by atoms with Gasteiger partial charge in [-0.15, -0.1) is 0 Å². The van der Waals surface area contributed by atoms with E-state index in [9.17, 15) is 0 Å². The SMILES string of the molecule is CCCCCCCCC(C)C1(CC)CNC=CN1N. The normalized spacial score (nSPS) is 24.3. The number of nitrogens with zero attached hydrogens (tertiary/aromatic N) is 1. The number of hydrogen-bond donors (Lipinski definition) is 2. The fourth-order valence-electron chi connectivity index (χ4n) is 3.19. The second-order valence-electron chi connectivity index (χ2n) is 6.02. The summed E-state index contributed by atoms with van der Waals surface area (Å²) in [5, 5.41) is 5.29. The van der Waals surface area contributed by atoms with E-state index in [1.165, 1.54) is 44.9 Å². The van der Waals surface area contributed by atoms with Gasteiger partial charge in [-0.1, -0.05) is 59.3 Å². The third-order valence-corrected chi connectivity index (χ3v) is 4.80. The zero-order valence-corrected chi connectivity index (χ0v) is 13.1. The highest BCUT2D eigenvalue weighted by Crippen LogP contribution is 2.32. The topological polar surface area (TPSA) is 41.3 Å². The van der Waals surface area contributed by atoms with Gasteiger partial charge in [-0.2, -0.15) is 0 Å². The summed E-state index contributed by atoms with van der Waals surface area (Å²) < 4.78 is 0. The number of hydrazine groups is 1. The summed E-state index contributed by atoms with van der Waals surface area (Å²) in [6.07, 6.45) is 14.5. The molecule has 0 radical (unpaired) electrons. The molecule has 0 aromatic rings. The molecule has 0 bridgehead atoms. The van der Waals surface area contributed by atoms with Crippen molar-refractivity contribution >= 4 is 0 Å². The van der Waals surface area contributed by atoms with E-state index in [1.807, 2.05) is 17.4 Å². The molecule has 1 aliphatic heterocycles. The molecule has 3 N–H and O–H groups in total. The molecule has 0 fully saturated rings. The Hall–Kier alpha value is -0.700. The molecule has 0 aliphatic carbocycles. The number of rotatable bonds is 9. The maximum atomic E-state index is 6.20. The van der Waals surface area contributed by atoms with Gasteiger partial charge in [0.1, 0.15) is 0 Å². The van der Waals surface area contributed by atoms with Crippen molar-refractivity contribution in [1.82, 2.24) is 10.3 Å². The Labute approximate surface area is 119 Å². The summed E-state index contributed by atoms with van der Waals surface area (Å²) >= 11 is 0. The van der Waals surface area contributed by atoms with E-state index < -0.39 is 0 Å². The van der Waals surface area contributed by atoms with Crippen LogP contribution < -0.4 is 11.2 Å². The molecule has 0 saturated carbocycles. The van der Waals surface area contributed by atoms with Crippen molar-refractivity contribution in [2.45, 2.75) is 77.7 Å². The summed E-state index contributed by atoms with van der Waals surface area (Å²) in [4.78, 5) is 0. The average Bonchev–Trinajstić information content (AvgIpc) is 2.43. The summed E-state index contributed by atoms with van der Waals surface area (Å²) in [6, 6.07) is 0. The molecule has 1 aliphatic rings. The van der Waals surface area contributed by atoms with E-state index in [-0.39, 0.29) is 5.54 Å². The fourth-order valence-corrected chi connectivity index (χ4v) is 3.19. The minimum Gasteiger partial charge on any atom is -0.387 e. The van der Waals surface area contributed by atoms with Crippen LogP contribution in [0.4, 0.5) is 0 Å². The highest BCUT2D eigenvalue weighted by Gasteiger charge is 2.38. The standard InChI is InChI=1S/C16H33N3/c1-4-6-7-8-9-10-11-15(3)16(5-2)14-18-12-13-19(16)17/h12-13,15,18H,4-11,14,17H2,1-3H3. The molecule has 1 rings (SSSR count). The second kappa shape index (κ2) is 8.47. The van der Waals surface area contributed by atoms with E-state index in [4.69, 9.17) is 5.84 Å². The molecule has 112 valence electrons. The summed E-state index contributed by atoms with van der Waals surface area (Å²) in [5.74, 6) is 6.83. The first kappa shape index (κ1) is 16.4. The molecule has 0 saturated heterocycles. The quantitative estimate of drug-likeness (QED) is 0.493. The van der Waals surface area contributed by atoms with Crippen LogP contribution in [0.1, 0.15) is 72.1 Å². The first-order valence-corrected chi connectivity index (χ1v) is 8.11. The van der Waals surface area contributed by atoms with E-state index in [1.54, 1.807) is 0 Å². The van der Waals surface area contributed by atoms with Gasteiger partial charge >= 0.3 is 0 Å². The van der Waals surface area contributed by atoms with E-state index in [2.05, 4.69) is 26.1 Å². The Bertz CT molecular complexity index is 265. The van der Waals surface area contributed by atoms with Crippen LogP contribution in [0.15, 0.2) is 12.4 Å². The van der Waals surface area contributed by atoms with Crippen LogP contribution in [0.5, 0.6) is 0 Å². The van der Waals surface area contributed by atoms with Crippen molar-refractivity contribution in [2.75, 3.05) is 6.54 Å². The van der Waals surface area contributed by atoms with Crippen LogP contribution in [0, 0.1) is 5.92 Å². The molecule has 2 atom stereocenters. The fraction of sp³-hybridized carbons (Fsp3) is 0.875. The van der Waals surface area contributed by atoms with Gasteiger partial charge in [-0.3, -0.25) is 0 Å². The van der Waals surface area contributed by atoms with Crippen LogP contribution in [0.25, 0.3) is 0 Å². The van der Waals surface area contributed by atoms with Gasteiger partial charge in [-0.05, 0) is 18.8 Å². The number of hydrogen-bond acceptors (Lipinski definition) is 3. The molecule has 2 unspecified atom stereocenters. The highest BCUT2D eigenvalue weighted by molar-refractivity contribution is 5.03. The average molecular weight is 267 g/mol. The molecule has 1 heterocycles. The maximum absolute atomic E-state index is 6.20. The van der Waals surface area contributed by atoms with Gasteiger partial charge in [0.15, 0.2) is 0 Å². The van der Waals surface area contributed by atoms with E-state index in [0.717, 1.165) is 13.0 Å². The maximum Gasteiger partial charge on any atom is 0.0749 e. The van der Waals surface area contributed by atoms with Crippen LogP contribution in [-0.2, 0) is 0 Å². The Morgan fingerprint density at radius 3 is 2.53 bits per heavy atom. The zero-order chi connectivity index (χ0) is 14.1. The molecular formula is C16H33N3. The van der Waals surface area contributed by atoms with Gasteiger partial charge in [0.2, 0.25) is 0 Å². The van der Waals surface area contributed by atoms with Crippen molar-refractivity contribution in [3.63, 3.8) is 0 Å². The molecule has 0 aromatic carbocycles. The molecule has 0 amide bonds. The van der Waals surface area contributed by atoms with Gasteiger partial charge in [0.25, 0.3) is 0 Å². The molecule has 0 aromatic heterocycles. The van der Waals surface area contributed by atoms with E-state index in [0.29, 0.717) is 5.92 Å². The van der Waals surface area contributed by atoms with Gasteiger partial charge in [0.05, 0.1) is 5.54 Å². The first-order chi connectivity index (χ1) is 9.17. The predicted octanol–water partition coefficient (Wildman–Crippen LogP) is 3.77. The minimum atomic E-state index is 0.0954. The summed E-state index contributed by atoms with van der Waals surface area (Å²) in [6.45, 7) is 7.84. The third-order valence-electron chi connectivity index (χ3n) is 4.80. The second-order valence-corrected chi connectivity index (χ2v) is 6.02. The number of nitrogens with two attached hydrogens (primary N) is 1. The molecule has 3 nitrogen and oxygen atoms in total. The predicted molar refractivity (Wildman–Crippen MR) is 83.3 cm³/mol. The number of nitrogens with one attached hydrogen (secondary N) is 1.